The summed E-state index contributed by atoms with van der Waals surface area (Å²) in [5, 5.41) is 20.6. The molecule has 120 valence electrons. The second-order valence-corrected chi connectivity index (χ2v) is 5.83. The van der Waals surface area contributed by atoms with Crippen molar-refractivity contribution < 1.29 is 9.84 Å². The molecule has 0 bridgehead atoms. The third-order valence-electron chi connectivity index (χ3n) is 3.59. The number of nitrogens with one attached hydrogen (secondary N) is 2. The number of ether oxygens (including phenoxy) is 1. The van der Waals surface area contributed by atoms with E-state index in [-0.39, 0.29) is 12.1 Å². The largest absolute Gasteiger partial charge is 0.491 e. The van der Waals surface area contributed by atoms with Crippen molar-refractivity contribution in [1.29, 1.82) is 0 Å². The molecule has 1 aromatic heterocycles. The van der Waals surface area contributed by atoms with Crippen molar-refractivity contribution in [2.75, 3.05) is 6.54 Å². The molecule has 0 saturated heterocycles. The highest BCUT2D eigenvalue weighted by molar-refractivity contribution is 5.29. The van der Waals surface area contributed by atoms with Gasteiger partial charge in [-0.2, -0.15) is 5.10 Å². The van der Waals surface area contributed by atoms with Crippen molar-refractivity contribution in [3.8, 4) is 5.75 Å². The zero-order valence-corrected chi connectivity index (χ0v) is 13.6. The van der Waals surface area contributed by atoms with E-state index in [1.165, 1.54) is 0 Å². The fourth-order valence-corrected chi connectivity index (χ4v) is 2.35. The first-order valence-corrected chi connectivity index (χ1v) is 7.65. The van der Waals surface area contributed by atoms with E-state index >= 15 is 0 Å². The van der Waals surface area contributed by atoms with E-state index in [0.29, 0.717) is 6.54 Å². The number of hydrogen-bond acceptors (Lipinski definition) is 4. The molecule has 2 rings (SSSR count). The van der Waals surface area contributed by atoms with Crippen LogP contribution in [0.1, 0.15) is 49.7 Å². The summed E-state index contributed by atoms with van der Waals surface area (Å²) in [4.78, 5) is 0. The van der Waals surface area contributed by atoms with Gasteiger partial charge in [0, 0.05) is 23.8 Å². The van der Waals surface area contributed by atoms with Crippen molar-refractivity contribution in [2.45, 2.75) is 45.9 Å². The van der Waals surface area contributed by atoms with Gasteiger partial charge in [-0.15, -0.1) is 0 Å². The van der Waals surface area contributed by atoms with Crippen LogP contribution in [0.5, 0.6) is 5.75 Å². The predicted octanol–water partition coefficient (Wildman–Crippen LogP) is 2.89. The van der Waals surface area contributed by atoms with Gasteiger partial charge in [0.05, 0.1) is 18.4 Å². The Morgan fingerprint density at radius 2 is 1.91 bits per heavy atom. The zero-order valence-electron chi connectivity index (χ0n) is 13.6. The zero-order chi connectivity index (χ0) is 16.1. The Kier molecular flexibility index (Phi) is 5.57. The quantitative estimate of drug-likeness (QED) is 0.735. The van der Waals surface area contributed by atoms with Gasteiger partial charge in [0.25, 0.3) is 0 Å². The first-order valence-electron chi connectivity index (χ1n) is 7.65. The van der Waals surface area contributed by atoms with Crippen LogP contribution in [0.25, 0.3) is 0 Å². The average molecular weight is 303 g/mol. The number of H-pyrrole nitrogens is 1. The summed E-state index contributed by atoms with van der Waals surface area (Å²) in [6, 6.07) is 7.72. The van der Waals surface area contributed by atoms with Crippen LogP contribution in [0.15, 0.2) is 30.5 Å². The van der Waals surface area contributed by atoms with Crippen LogP contribution in [0.3, 0.4) is 0 Å². The smallest absolute Gasteiger partial charge is 0.119 e. The highest BCUT2D eigenvalue weighted by Crippen LogP contribution is 2.20. The molecular formula is C17H25N3O2. The predicted molar refractivity (Wildman–Crippen MR) is 86.9 cm³/mol. The van der Waals surface area contributed by atoms with E-state index in [2.05, 4.69) is 22.4 Å². The van der Waals surface area contributed by atoms with Gasteiger partial charge in [-0.25, -0.2) is 0 Å². The maximum absolute atomic E-state index is 10.3. The summed E-state index contributed by atoms with van der Waals surface area (Å²) in [6.07, 6.45) is 1.41. The third-order valence-corrected chi connectivity index (χ3v) is 3.59. The Hall–Kier alpha value is -1.85. The van der Waals surface area contributed by atoms with Gasteiger partial charge in [0.1, 0.15) is 5.75 Å². The molecule has 0 fully saturated rings. The Morgan fingerprint density at radius 3 is 2.45 bits per heavy atom. The topological polar surface area (TPSA) is 70.2 Å². The van der Waals surface area contributed by atoms with Gasteiger partial charge in [-0.1, -0.05) is 12.1 Å². The first kappa shape index (κ1) is 16.5. The molecule has 2 unspecified atom stereocenters. The normalized spacial score (nSPS) is 14.1. The molecule has 0 aliphatic heterocycles. The number of nitrogens with zero attached hydrogens (tertiary/aromatic N) is 1. The SMILES string of the molecule is Cc1[nH]ncc1C(C)NCC(O)c1ccc(OC(C)C)cc1. The van der Waals surface area contributed by atoms with Gasteiger partial charge in [-0.3, -0.25) is 5.10 Å². The van der Waals surface area contributed by atoms with Crippen LogP contribution in [0.2, 0.25) is 0 Å². The molecule has 0 saturated carbocycles. The van der Waals surface area contributed by atoms with Crippen LogP contribution in [0.4, 0.5) is 0 Å². The van der Waals surface area contributed by atoms with Crippen molar-refractivity contribution in [2.24, 2.45) is 0 Å². The molecule has 2 atom stereocenters. The lowest BCUT2D eigenvalue weighted by Gasteiger charge is -2.18. The maximum atomic E-state index is 10.3. The molecule has 0 aliphatic carbocycles. The van der Waals surface area contributed by atoms with Gasteiger partial charge >= 0.3 is 0 Å². The molecule has 5 nitrogen and oxygen atoms in total. The summed E-state index contributed by atoms with van der Waals surface area (Å²) in [5.74, 6) is 0.821. The number of aryl methyl sites for hydroxylation is 1. The van der Waals surface area contributed by atoms with Crippen LogP contribution in [0, 0.1) is 6.92 Å². The van der Waals surface area contributed by atoms with Crippen molar-refractivity contribution in [3.05, 3.63) is 47.3 Å². The molecule has 3 N–H and O–H groups in total. The van der Waals surface area contributed by atoms with Crippen LogP contribution < -0.4 is 10.1 Å². The third kappa shape index (κ3) is 4.32. The molecule has 1 heterocycles. The first-order chi connectivity index (χ1) is 10.5. The number of hydrogen-bond donors (Lipinski definition) is 3. The molecule has 0 aliphatic rings. The maximum Gasteiger partial charge on any atom is 0.119 e. The molecule has 5 heteroatoms. The molecule has 0 spiro atoms. The minimum atomic E-state index is -0.553. The summed E-state index contributed by atoms with van der Waals surface area (Å²) < 4.78 is 5.60. The Labute approximate surface area is 131 Å². The van der Waals surface area contributed by atoms with Gasteiger partial charge in [0.15, 0.2) is 0 Å². The van der Waals surface area contributed by atoms with Crippen LogP contribution in [-0.2, 0) is 0 Å². The summed E-state index contributed by atoms with van der Waals surface area (Å²) in [6.45, 7) is 8.52. The van der Waals surface area contributed by atoms with Crippen molar-refractivity contribution in [1.82, 2.24) is 15.5 Å². The lowest BCUT2D eigenvalue weighted by atomic mass is 10.1. The number of aromatic amines is 1. The molecule has 22 heavy (non-hydrogen) atoms. The Bertz CT molecular complexity index is 578. The van der Waals surface area contributed by atoms with E-state index in [4.69, 9.17) is 4.74 Å². The monoisotopic (exact) mass is 303 g/mol. The fourth-order valence-electron chi connectivity index (χ4n) is 2.35. The molecular weight excluding hydrogens is 278 g/mol. The number of rotatable bonds is 7. The van der Waals surface area contributed by atoms with E-state index in [0.717, 1.165) is 22.6 Å². The van der Waals surface area contributed by atoms with Gasteiger partial charge < -0.3 is 15.2 Å². The molecule has 2 aromatic rings. The van der Waals surface area contributed by atoms with Crippen LogP contribution >= 0.6 is 0 Å². The van der Waals surface area contributed by atoms with Gasteiger partial charge in [0.2, 0.25) is 0 Å². The minimum Gasteiger partial charge on any atom is -0.491 e. The van der Waals surface area contributed by atoms with Gasteiger partial charge in [-0.05, 0) is 45.4 Å². The van der Waals surface area contributed by atoms with E-state index < -0.39 is 6.10 Å². The second kappa shape index (κ2) is 7.42. The van der Waals surface area contributed by atoms with Crippen molar-refractivity contribution in [3.63, 3.8) is 0 Å². The number of aliphatic hydroxyl groups is 1. The molecule has 0 amide bonds. The van der Waals surface area contributed by atoms with E-state index in [9.17, 15) is 5.11 Å². The standard InChI is InChI=1S/C17H25N3O2/c1-11(2)22-15-7-5-14(6-8-15)17(21)10-18-12(3)16-9-19-20-13(16)4/h5-9,11-12,17-18,21H,10H2,1-4H3,(H,19,20). The highest BCUT2D eigenvalue weighted by Gasteiger charge is 2.13. The molecule has 1 aromatic carbocycles. The summed E-state index contributed by atoms with van der Waals surface area (Å²) in [5.41, 5.74) is 3.04. The number of aromatic nitrogens is 2. The summed E-state index contributed by atoms with van der Waals surface area (Å²) in [7, 11) is 0. The second-order valence-electron chi connectivity index (χ2n) is 5.83. The Balaban J connectivity index is 1.89. The lowest BCUT2D eigenvalue weighted by Crippen LogP contribution is -2.24. The average Bonchev–Trinajstić information content (AvgIpc) is 2.91. The summed E-state index contributed by atoms with van der Waals surface area (Å²) >= 11 is 0. The molecule has 0 radical (unpaired) electrons. The van der Waals surface area contributed by atoms with Crippen LogP contribution in [-0.4, -0.2) is 28.0 Å². The fraction of sp³-hybridized carbons (Fsp3) is 0.471. The highest BCUT2D eigenvalue weighted by atomic mass is 16.5. The Morgan fingerprint density at radius 1 is 1.23 bits per heavy atom. The number of benzene rings is 1. The van der Waals surface area contributed by atoms with E-state index in [1.807, 2.05) is 51.2 Å². The van der Waals surface area contributed by atoms with E-state index in [1.54, 1.807) is 0 Å². The number of aliphatic hydroxyl groups excluding tert-OH is 1. The van der Waals surface area contributed by atoms with Crippen molar-refractivity contribution >= 4 is 0 Å². The lowest BCUT2D eigenvalue weighted by molar-refractivity contribution is 0.170. The minimum absolute atomic E-state index is 0.136.